The molecule has 0 bridgehead atoms. The van der Waals surface area contributed by atoms with Crippen LogP contribution in [-0.4, -0.2) is 11.7 Å². The van der Waals surface area contributed by atoms with E-state index in [1.165, 1.54) is 12.1 Å². The third kappa shape index (κ3) is 4.05. The summed E-state index contributed by atoms with van der Waals surface area (Å²) in [5, 5.41) is 14.5. The van der Waals surface area contributed by atoms with Crippen LogP contribution < -0.4 is 10.9 Å². The Hall–Kier alpha value is -2.37. The van der Waals surface area contributed by atoms with Crippen molar-refractivity contribution in [2.24, 2.45) is 0 Å². The second kappa shape index (κ2) is 8.76. The lowest BCUT2D eigenvalue weighted by molar-refractivity contribution is 0.459. The Morgan fingerprint density at radius 2 is 1.89 bits per heavy atom. The average Bonchev–Trinajstić information content (AvgIpc) is 2.67. The normalized spacial score (nSPS) is 13.2. The van der Waals surface area contributed by atoms with Crippen molar-refractivity contribution in [2.45, 2.75) is 38.6 Å². The van der Waals surface area contributed by atoms with Crippen LogP contribution in [-0.2, 0) is 25.8 Å². The second-order valence-corrected chi connectivity index (χ2v) is 7.05. The fourth-order valence-corrected chi connectivity index (χ4v) is 3.86. The van der Waals surface area contributed by atoms with Crippen LogP contribution in [0.25, 0.3) is 11.0 Å². The molecular formula is C22H23ClFNO3. The first-order valence-electron chi connectivity index (χ1n) is 9.38. The molecule has 1 aliphatic carbocycles. The van der Waals surface area contributed by atoms with Gasteiger partial charge in [-0.3, -0.25) is 0 Å². The zero-order valence-corrected chi connectivity index (χ0v) is 16.3. The number of hydrogen-bond donors (Lipinski definition) is 2. The van der Waals surface area contributed by atoms with E-state index in [0.717, 1.165) is 47.8 Å². The van der Waals surface area contributed by atoms with Gasteiger partial charge in [0.05, 0.1) is 5.56 Å². The Morgan fingerprint density at radius 3 is 2.68 bits per heavy atom. The fourth-order valence-electron chi connectivity index (χ4n) is 3.86. The van der Waals surface area contributed by atoms with Crippen LogP contribution in [0.3, 0.4) is 0 Å². The monoisotopic (exact) mass is 403 g/mol. The smallest absolute Gasteiger partial charge is 0.339 e. The third-order valence-corrected chi connectivity index (χ3v) is 5.25. The number of rotatable bonds is 5. The lowest BCUT2D eigenvalue weighted by Gasteiger charge is -2.18. The molecule has 2 N–H and O–H groups in total. The molecule has 3 aromatic rings. The van der Waals surface area contributed by atoms with E-state index in [2.05, 4.69) is 5.32 Å². The van der Waals surface area contributed by atoms with E-state index >= 15 is 0 Å². The molecule has 0 spiro atoms. The molecule has 2 aromatic carbocycles. The van der Waals surface area contributed by atoms with Crippen molar-refractivity contribution in [3.05, 3.63) is 74.9 Å². The minimum absolute atomic E-state index is 0. The van der Waals surface area contributed by atoms with Crippen molar-refractivity contribution in [1.82, 2.24) is 5.32 Å². The number of nitrogens with one attached hydrogen (secondary N) is 1. The molecule has 0 saturated carbocycles. The van der Waals surface area contributed by atoms with Crippen LogP contribution in [0.1, 0.15) is 35.1 Å². The van der Waals surface area contributed by atoms with Crippen LogP contribution in [0.5, 0.6) is 5.75 Å². The first-order valence-corrected chi connectivity index (χ1v) is 9.38. The Bertz CT molecular complexity index is 1050. The molecule has 0 aliphatic heterocycles. The maximum atomic E-state index is 13.2. The SMILES string of the molecule is Cl.O=c1oc2c(CNCCc3cccc(F)c3)c(O)ccc2c2c1CCCC2. The highest BCUT2D eigenvalue weighted by Gasteiger charge is 2.20. The minimum Gasteiger partial charge on any atom is -0.507 e. The molecule has 0 radical (unpaired) electrons. The summed E-state index contributed by atoms with van der Waals surface area (Å²) in [5.74, 6) is -0.134. The van der Waals surface area contributed by atoms with Gasteiger partial charge in [0.15, 0.2) is 0 Å². The Kier molecular flexibility index (Phi) is 6.37. The number of halogens is 2. The van der Waals surface area contributed by atoms with E-state index in [0.29, 0.717) is 30.7 Å². The molecule has 28 heavy (non-hydrogen) atoms. The second-order valence-electron chi connectivity index (χ2n) is 7.05. The number of phenols is 1. The molecule has 1 aliphatic rings. The van der Waals surface area contributed by atoms with Crippen LogP contribution in [0.4, 0.5) is 4.39 Å². The van der Waals surface area contributed by atoms with Gasteiger partial charge < -0.3 is 14.8 Å². The van der Waals surface area contributed by atoms with Crippen molar-refractivity contribution < 1.29 is 13.9 Å². The summed E-state index contributed by atoms with van der Waals surface area (Å²) < 4.78 is 18.8. The van der Waals surface area contributed by atoms with Gasteiger partial charge in [-0.25, -0.2) is 9.18 Å². The number of phenolic OH excluding ortho intramolecular Hbond substituents is 1. The van der Waals surface area contributed by atoms with E-state index in [4.69, 9.17) is 4.42 Å². The number of aryl methyl sites for hydroxylation is 1. The van der Waals surface area contributed by atoms with Crippen LogP contribution in [0, 0.1) is 5.82 Å². The van der Waals surface area contributed by atoms with E-state index in [1.807, 2.05) is 12.1 Å². The standard InChI is InChI=1S/C22H22FNO3.ClH/c23-15-5-3-4-14(12-15)10-11-24-13-19-20(25)9-8-17-16-6-1-2-7-18(16)22(26)27-21(17)19;/h3-5,8-9,12,24-25H,1-2,6-7,10-11,13H2;1H. The summed E-state index contributed by atoms with van der Waals surface area (Å²) in [6.45, 7) is 0.995. The molecule has 1 aromatic heterocycles. The predicted molar refractivity (Wildman–Crippen MR) is 110 cm³/mol. The lowest BCUT2D eigenvalue weighted by atomic mass is 9.90. The van der Waals surface area contributed by atoms with Gasteiger partial charge in [-0.1, -0.05) is 12.1 Å². The van der Waals surface area contributed by atoms with Crippen LogP contribution >= 0.6 is 12.4 Å². The third-order valence-electron chi connectivity index (χ3n) is 5.25. The van der Waals surface area contributed by atoms with Crippen molar-refractivity contribution >= 4 is 23.4 Å². The van der Waals surface area contributed by atoms with Crippen molar-refractivity contribution in [2.75, 3.05) is 6.54 Å². The Labute approximate surface area is 168 Å². The summed E-state index contributed by atoms with van der Waals surface area (Å²) in [4.78, 5) is 12.4. The molecule has 0 unspecified atom stereocenters. The summed E-state index contributed by atoms with van der Waals surface area (Å²) in [7, 11) is 0. The van der Waals surface area contributed by atoms with E-state index < -0.39 is 0 Å². The van der Waals surface area contributed by atoms with E-state index in [9.17, 15) is 14.3 Å². The zero-order valence-electron chi connectivity index (χ0n) is 15.5. The number of fused-ring (bicyclic) bond motifs is 3. The maximum Gasteiger partial charge on any atom is 0.339 e. The molecule has 6 heteroatoms. The molecule has 4 rings (SSSR count). The van der Waals surface area contributed by atoms with Gasteiger partial charge in [-0.05, 0) is 74.0 Å². The first kappa shape index (κ1) is 20.4. The average molecular weight is 404 g/mol. The van der Waals surface area contributed by atoms with Crippen molar-refractivity contribution in [3.8, 4) is 5.75 Å². The largest absolute Gasteiger partial charge is 0.507 e. The number of benzene rings is 2. The highest BCUT2D eigenvalue weighted by atomic mass is 35.5. The van der Waals surface area contributed by atoms with Gasteiger partial charge in [0.2, 0.25) is 0 Å². The maximum absolute atomic E-state index is 13.2. The quantitative estimate of drug-likeness (QED) is 0.493. The van der Waals surface area contributed by atoms with Crippen molar-refractivity contribution in [3.63, 3.8) is 0 Å². The molecular weight excluding hydrogens is 381 g/mol. The summed E-state index contributed by atoms with van der Waals surface area (Å²) in [5.41, 5.74) is 3.53. The zero-order chi connectivity index (χ0) is 18.8. The molecule has 1 heterocycles. The Morgan fingerprint density at radius 1 is 1.11 bits per heavy atom. The van der Waals surface area contributed by atoms with E-state index in [-0.39, 0.29) is 29.6 Å². The molecule has 4 nitrogen and oxygen atoms in total. The van der Waals surface area contributed by atoms with Crippen molar-refractivity contribution in [1.29, 1.82) is 0 Å². The van der Waals surface area contributed by atoms with Gasteiger partial charge in [0.25, 0.3) is 0 Å². The predicted octanol–water partition coefficient (Wildman–Crippen LogP) is 4.27. The minimum atomic E-state index is -0.288. The van der Waals surface area contributed by atoms with Gasteiger partial charge in [-0.15, -0.1) is 12.4 Å². The van der Waals surface area contributed by atoms with E-state index in [1.54, 1.807) is 12.1 Å². The molecule has 0 atom stereocenters. The topological polar surface area (TPSA) is 62.5 Å². The molecule has 148 valence electrons. The summed E-state index contributed by atoms with van der Waals surface area (Å²) >= 11 is 0. The summed E-state index contributed by atoms with van der Waals surface area (Å²) in [6, 6.07) is 10.0. The van der Waals surface area contributed by atoms with Gasteiger partial charge in [0.1, 0.15) is 17.1 Å². The number of hydrogen-bond acceptors (Lipinski definition) is 4. The fraction of sp³-hybridized carbons (Fsp3) is 0.318. The van der Waals surface area contributed by atoms with Gasteiger partial charge >= 0.3 is 5.63 Å². The number of aromatic hydroxyl groups is 1. The van der Waals surface area contributed by atoms with Crippen LogP contribution in [0.2, 0.25) is 0 Å². The molecule has 0 fully saturated rings. The lowest BCUT2D eigenvalue weighted by Crippen LogP contribution is -2.19. The first-order chi connectivity index (χ1) is 13.1. The van der Waals surface area contributed by atoms with Gasteiger partial charge in [-0.2, -0.15) is 0 Å². The van der Waals surface area contributed by atoms with Gasteiger partial charge in [0, 0.05) is 17.5 Å². The highest BCUT2D eigenvalue weighted by molar-refractivity contribution is 5.86. The Balaban J connectivity index is 0.00000225. The molecule has 0 amide bonds. The summed E-state index contributed by atoms with van der Waals surface area (Å²) in [6.07, 6.45) is 4.37. The van der Waals surface area contributed by atoms with Crippen LogP contribution in [0.15, 0.2) is 45.6 Å². The highest BCUT2D eigenvalue weighted by Crippen LogP contribution is 2.32. The molecule has 0 saturated heterocycles.